The Labute approximate surface area is 170 Å². The standard InChI is InChI=1S/C26H34O2/c1-3-21-10-12-22(13-11-21)6-4-5-7-23-14-18-25(19-15-23)28-26(27)24-16-8-20(2)9-17-24/h4,6,8-9,16-17,21-23,25H,3,10-15,18-19H2,1-2H3/t21-,22-,23-,25-. The van der Waals surface area contributed by atoms with Gasteiger partial charge in [-0.1, -0.05) is 49.0 Å². The van der Waals surface area contributed by atoms with Crippen LogP contribution in [0.1, 0.15) is 80.6 Å². The Hall–Kier alpha value is -2.01. The highest BCUT2D eigenvalue weighted by atomic mass is 16.5. The average Bonchev–Trinajstić information content (AvgIpc) is 2.73. The van der Waals surface area contributed by atoms with Crippen LogP contribution in [0.25, 0.3) is 0 Å². The summed E-state index contributed by atoms with van der Waals surface area (Å²) in [6.45, 7) is 4.33. The summed E-state index contributed by atoms with van der Waals surface area (Å²) in [5.74, 6) is 8.61. The fourth-order valence-electron chi connectivity index (χ4n) is 4.37. The minimum atomic E-state index is -0.199. The van der Waals surface area contributed by atoms with Crippen LogP contribution in [-0.2, 0) is 4.74 Å². The lowest BCUT2D eigenvalue weighted by Gasteiger charge is -2.25. The third kappa shape index (κ3) is 6.26. The van der Waals surface area contributed by atoms with Crippen molar-refractivity contribution in [3.63, 3.8) is 0 Å². The van der Waals surface area contributed by atoms with Gasteiger partial charge in [-0.3, -0.25) is 0 Å². The minimum Gasteiger partial charge on any atom is -0.459 e. The number of allylic oxidation sites excluding steroid dienone is 2. The maximum atomic E-state index is 12.2. The zero-order valence-corrected chi connectivity index (χ0v) is 17.5. The Balaban J connectivity index is 1.37. The molecule has 0 heterocycles. The number of esters is 1. The smallest absolute Gasteiger partial charge is 0.338 e. The van der Waals surface area contributed by atoms with Crippen LogP contribution in [0, 0.1) is 36.5 Å². The monoisotopic (exact) mass is 378 g/mol. The third-order valence-electron chi connectivity index (χ3n) is 6.44. The molecule has 0 amide bonds. The van der Waals surface area contributed by atoms with Crippen LogP contribution in [0.3, 0.4) is 0 Å². The number of aryl methyl sites for hydroxylation is 1. The molecule has 0 N–H and O–H groups in total. The van der Waals surface area contributed by atoms with E-state index in [0.29, 0.717) is 11.5 Å². The van der Waals surface area contributed by atoms with Crippen molar-refractivity contribution in [1.82, 2.24) is 0 Å². The molecule has 28 heavy (non-hydrogen) atoms. The summed E-state index contributed by atoms with van der Waals surface area (Å²) in [6, 6.07) is 7.59. The predicted molar refractivity (Wildman–Crippen MR) is 115 cm³/mol. The molecule has 2 aliphatic rings. The number of carbonyl (C=O) groups is 1. The summed E-state index contributed by atoms with van der Waals surface area (Å²) in [7, 11) is 0. The summed E-state index contributed by atoms with van der Waals surface area (Å²) in [6.07, 6.45) is 15.1. The molecular formula is C26H34O2. The quantitative estimate of drug-likeness (QED) is 0.442. The number of ether oxygens (including phenoxy) is 1. The molecule has 3 rings (SSSR count). The van der Waals surface area contributed by atoms with Crippen molar-refractivity contribution in [1.29, 1.82) is 0 Å². The van der Waals surface area contributed by atoms with Crippen molar-refractivity contribution in [2.75, 3.05) is 0 Å². The summed E-state index contributed by atoms with van der Waals surface area (Å²) in [4.78, 5) is 12.2. The van der Waals surface area contributed by atoms with E-state index < -0.39 is 0 Å². The molecular weight excluding hydrogens is 344 g/mol. The molecule has 0 saturated heterocycles. The lowest BCUT2D eigenvalue weighted by atomic mass is 9.81. The van der Waals surface area contributed by atoms with E-state index in [4.69, 9.17) is 4.74 Å². The van der Waals surface area contributed by atoms with E-state index in [-0.39, 0.29) is 12.1 Å². The Bertz CT molecular complexity index is 703. The lowest BCUT2D eigenvalue weighted by Crippen LogP contribution is -2.24. The first kappa shape index (κ1) is 20.7. The largest absolute Gasteiger partial charge is 0.459 e. The second-order valence-corrected chi connectivity index (χ2v) is 8.58. The Morgan fingerprint density at radius 3 is 2.36 bits per heavy atom. The number of benzene rings is 1. The Morgan fingerprint density at radius 1 is 1.04 bits per heavy atom. The van der Waals surface area contributed by atoms with Gasteiger partial charge in [-0.2, -0.15) is 0 Å². The molecule has 2 aliphatic carbocycles. The summed E-state index contributed by atoms with van der Waals surface area (Å²) in [5, 5.41) is 0. The summed E-state index contributed by atoms with van der Waals surface area (Å²) in [5.41, 5.74) is 1.80. The first-order valence-electron chi connectivity index (χ1n) is 11.1. The van der Waals surface area contributed by atoms with E-state index in [0.717, 1.165) is 43.1 Å². The van der Waals surface area contributed by atoms with E-state index >= 15 is 0 Å². The molecule has 0 aliphatic heterocycles. The fraction of sp³-hybridized carbons (Fsp3) is 0.577. The average molecular weight is 379 g/mol. The van der Waals surface area contributed by atoms with Gasteiger partial charge in [-0.05, 0) is 88.3 Å². The minimum absolute atomic E-state index is 0.0381. The number of hydrogen-bond donors (Lipinski definition) is 0. The van der Waals surface area contributed by atoms with Gasteiger partial charge in [-0.15, -0.1) is 0 Å². The zero-order chi connectivity index (χ0) is 19.8. The first-order valence-corrected chi connectivity index (χ1v) is 11.1. The molecule has 1 aromatic rings. The van der Waals surface area contributed by atoms with Crippen molar-refractivity contribution < 1.29 is 9.53 Å². The lowest BCUT2D eigenvalue weighted by molar-refractivity contribution is 0.0188. The molecule has 2 fully saturated rings. The van der Waals surface area contributed by atoms with E-state index in [2.05, 4.69) is 30.9 Å². The van der Waals surface area contributed by atoms with Crippen LogP contribution in [0.4, 0.5) is 0 Å². The second-order valence-electron chi connectivity index (χ2n) is 8.58. The zero-order valence-electron chi connectivity index (χ0n) is 17.5. The molecule has 2 nitrogen and oxygen atoms in total. The molecule has 0 atom stereocenters. The third-order valence-corrected chi connectivity index (χ3v) is 6.44. The summed E-state index contributed by atoms with van der Waals surface area (Å²) < 4.78 is 5.69. The van der Waals surface area contributed by atoms with Gasteiger partial charge >= 0.3 is 5.97 Å². The van der Waals surface area contributed by atoms with Crippen LogP contribution in [0.15, 0.2) is 36.4 Å². The highest BCUT2D eigenvalue weighted by Crippen LogP contribution is 2.31. The normalized spacial score (nSPS) is 27.8. The molecule has 0 aromatic heterocycles. The fourth-order valence-corrected chi connectivity index (χ4v) is 4.37. The second kappa shape index (κ2) is 10.5. The van der Waals surface area contributed by atoms with Crippen LogP contribution < -0.4 is 0 Å². The van der Waals surface area contributed by atoms with Gasteiger partial charge in [-0.25, -0.2) is 4.79 Å². The van der Waals surface area contributed by atoms with Crippen LogP contribution in [0.2, 0.25) is 0 Å². The number of rotatable bonds is 4. The number of hydrogen-bond acceptors (Lipinski definition) is 2. The van der Waals surface area contributed by atoms with Crippen molar-refractivity contribution >= 4 is 5.97 Å². The highest BCUT2D eigenvalue weighted by Gasteiger charge is 2.23. The topological polar surface area (TPSA) is 26.3 Å². The maximum Gasteiger partial charge on any atom is 0.338 e. The Morgan fingerprint density at radius 2 is 1.71 bits per heavy atom. The van der Waals surface area contributed by atoms with E-state index in [1.165, 1.54) is 32.1 Å². The number of carbonyl (C=O) groups excluding carboxylic acids is 1. The van der Waals surface area contributed by atoms with Crippen molar-refractivity contribution in [2.24, 2.45) is 17.8 Å². The van der Waals surface area contributed by atoms with Gasteiger partial charge in [0.1, 0.15) is 6.10 Å². The first-order chi connectivity index (χ1) is 13.6. The van der Waals surface area contributed by atoms with Crippen molar-refractivity contribution in [2.45, 2.75) is 77.7 Å². The van der Waals surface area contributed by atoms with Gasteiger partial charge in [0.2, 0.25) is 0 Å². The molecule has 0 spiro atoms. The van der Waals surface area contributed by atoms with Gasteiger partial charge in [0, 0.05) is 5.92 Å². The van der Waals surface area contributed by atoms with Crippen molar-refractivity contribution in [3.8, 4) is 11.8 Å². The summed E-state index contributed by atoms with van der Waals surface area (Å²) >= 11 is 0. The SMILES string of the molecule is CC[C@H]1CC[C@H](C=CC#C[C@H]2CC[C@H](OC(=O)c3ccc(C)cc3)CC2)CC1. The van der Waals surface area contributed by atoms with Gasteiger partial charge in [0.25, 0.3) is 0 Å². The molecule has 1 aromatic carbocycles. The van der Waals surface area contributed by atoms with Crippen LogP contribution in [-0.4, -0.2) is 12.1 Å². The van der Waals surface area contributed by atoms with E-state index in [1.54, 1.807) is 0 Å². The van der Waals surface area contributed by atoms with Crippen LogP contribution >= 0.6 is 0 Å². The van der Waals surface area contributed by atoms with Gasteiger partial charge < -0.3 is 4.74 Å². The molecule has 2 heteroatoms. The predicted octanol–water partition coefficient (Wildman–Crippen LogP) is 6.49. The van der Waals surface area contributed by atoms with Crippen LogP contribution in [0.5, 0.6) is 0 Å². The Kier molecular flexibility index (Phi) is 7.78. The molecule has 0 radical (unpaired) electrons. The van der Waals surface area contributed by atoms with Gasteiger partial charge in [0.15, 0.2) is 0 Å². The molecule has 2 saturated carbocycles. The molecule has 0 unspecified atom stereocenters. The molecule has 150 valence electrons. The van der Waals surface area contributed by atoms with Gasteiger partial charge in [0.05, 0.1) is 5.56 Å². The van der Waals surface area contributed by atoms with E-state index in [1.807, 2.05) is 31.2 Å². The van der Waals surface area contributed by atoms with E-state index in [9.17, 15) is 4.79 Å². The van der Waals surface area contributed by atoms with Crippen molar-refractivity contribution in [3.05, 3.63) is 47.5 Å². The highest BCUT2D eigenvalue weighted by molar-refractivity contribution is 5.89. The molecule has 0 bridgehead atoms. The maximum absolute atomic E-state index is 12.2.